The monoisotopic (exact) mass is 307 g/mol. The summed E-state index contributed by atoms with van der Waals surface area (Å²) in [6, 6.07) is 7.73. The van der Waals surface area contributed by atoms with Gasteiger partial charge in [0.15, 0.2) is 0 Å². The average Bonchev–Trinajstić information content (AvgIpc) is 2.46. The fourth-order valence-corrected chi connectivity index (χ4v) is 2.92. The van der Waals surface area contributed by atoms with Crippen molar-refractivity contribution < 1.29 is 9.84 Å². The van der Waals surface area contributed by atoms with E-state index < -0.39 is 5.60 Å². The second-order valence-electron chi connectivity index (χ2n) is 5.53. The molecule has 112 valence electrons. The molecule has 0 atom stereocenters. The van der Waals surface area contributed by atoms with Crippen LogP contribution in [-0.2, 0) is 4.74 Å². The summed E-state index contributed by atoms with van der Waals surface area (Å²) in [4.78, 5) is 10.5. The summed E-state index contributed by atoms with van der Waals surface area (Å²) in [7, 11) is 1.92. The quantitative estimate of drug-likeness (QED) is 0.882. The number of hydrogen-bond donors (Lipinski definition) is 1. The standard InChI is InChI=1S/C15H18ClN3O2/c1-19(10-15(20)6-8-21-9-7-15)13-11-4-2-3-5-12(11)17-14(16)18-13/h2-5,20H,6-10H2,1H3. The van der Waals surface area contributed by atoms with E-state index in [0.29, 0.717) is 32.6 Å². The van der Waals surface area contributed by atoms with E-state index in [1.54, 1.807) is 0 Å². The van der Waals surface area contributed by atoms with Crippen molar-refractivity contribution in [3.05, 3.63) is 29.5 Å². The minimum absolute atomic E-state index is 0.217. The normalized spacial score (nSPS) is 17.9. The van der Waals surface area contributed by atoms with E-state index in [4.69, 9.17) is 16.3 Å². The third-order valence-electron chi connectivity index (χ3n) is 3.87. The van der Waals surface area contributed by atoms with Crippen molar-refractivity contribution >= 4 is 28.3 Å². The first kappa shape index (κ1) is 14.5. The highest BCUT2D eigenvalue weighted by Gasteiger charge is 2.31. The number of ether oxygens (including phenoxy) is 1. The van der Waals surface area contributed by atoms with Crippen molar-refractivity contribution in [2.75, 3.05) is 31.7 Å². The molecule has 1 aromatic heterocycles. The zero-order chi connectivity index (χ0) is 14.9. The molecule has 0 unspecified atom stereocenters. The number of fused-ring (bicyclic) bond motifs is 1. The molecule has 1 saturated heterocycles. The second-order valence-corrected chi connectivity index (χ2v) is 5.86. The van der Waals surface area contributed by atoms with E-state index >= 15 is 0 Å². The molecule has 1 aromatic carbocycles. The molecule has 0 amide bonds. The molecule has 2 aromatic rings. The molecule has 0 saturated carbocycles. The number of likely N-dealkylation sites (N-methyl/N-ethyl adjacent to an activating group) is 1. The first-order chi connectivity index (χ1) is 10.1. The van der Waals surface area contributed by atoms with Gasteiger partial charge < -0.3 is 14.7 Å². The van der Waals surface area contributed by atoms with Crippen LogP contribution in [0.5, 0.6) is 0 Å². The number of halogens is 1. The molecule has 2 heterocycles. The first-order valence-corrected chi connectivity index (χ1v) is 7.39. The number of aromatic nitrogens is 2. The molecule has 0 bridgehead atoms. The molecule has 3 rings (SSSR count). The third-order valence-corrected chi connectivity index (χ3v) is 4.04. The maximum Gasteiger partial charge on any atom is 0.224 e. The van der Waals surface area contributed by atoms with E-state index in [9.17, 15) is 5.11 Å². The Morgan fingerprint density at radius 2 is 2.00 bits per heavy atom. The van der Waals surface area contributed by atoms with Gasteiger partial charge in [0, 0.05) is 45.0 Å². The van der Waals surface area contributed by atoms with E-state index in [0.717, 1.165) is 16.7 Å². The summed E-state index contributed by atoms with van der Waals surface area (Å²) in [5, 5.41) is 11.8. The molecule has 0 radical (unpaired) electrons. The Morgan fingerprint density at radius 1 is 1.29 bits per heavy atom. The van der Waals surface area contributed by atoms with Gasteiger partial charge in [-0.3, -0.25) is 0 Å². The SMILES string of the molecule is CN(CC1(O)CCOCC1)c1nc(Cl)nc2ccccc12. The molecular formula is C15H18ClN3O2. The van der Waals surface area contributed by atoms with Crippen LogP contribution in [0.15, 0.2) is 24.3 Å². The summed E-state index contributed by atoms with van der Waals surface area (Å²) >= 11 is 6.01. The highest BCUT2D eigenvalue weighted by Crippen LogP contribution is 2.28. The van der Waals surface area contributed by atoms with Crippen LogP contribution in [0.4, 0.5) is 5.82 Å². The van der Waals surface area contributed by atoms with Crippen molar-refractivity contribution in [1.82, 2.24) is 9.97 Å². The third kappa shape index (κ3) is 3.10. The van der Waals surface area contributed by atoms with Gasteiger partial charge in [0.2, 0.25) is 5.28 Å². The Balaban J connectivity index is 1.92. The molecule has 1 fully saturated rings. The topological polar surface area (TPSA) is 58.5 Å². The lowest BCUT2D eigenvalue weighted by molar-refractivity contribution is -0.0573. The van der Waals surface area contributed by atoms with Gasteiger partial charge in [-0.05, 0) is 23.7 Å². The van der Waals surface area contributed by atoms with Gasteiger partial charge in [-0.1, -0.05) is 12.1 Å². The van der Waals surface area contributed by atoms with Crippen molar-refractivity contribution in [1.29, 1.82) is 0 Å². The predicted molar refractivity (Wildman–Crippen MR) is 82.8 cm³/mol. The van der Waals surface area contributed by atoms with Crippen LogP contribution in [0.3, 0.4) is 0 Å². The van der Waals surface area contributed by atoms with Crippen LogP contribution < -0.4 is 4.90 Å². The average molecular weight is 308 g/mol. The fraction of sp³-hybridized carbons (Fsp3) is 0.467. The van der Waals surface area contributed by atoms with Gasteiger partial charge in [-0.2, -0.15) is 4.98 Å². The molecule has 5 nitrogen and oxygen atoms in total. The van der Waals surface area contributed by atoms with Crippen LogP contribution in [0, 0.1) is 0 Å². The van der Waals surface area contributed by atoms with E-state index in [1.165, 1.54) is 0 Å². The minimum atomic E-state index is -0.745. The first-order valence-electron chi connectivity index (χ1n) is 7.01. The van der Waals surface area contributed by atoms with Gasteiger partial charge in [-0.25, -0.2) is 4.98 Å². The molecule has 1 aliphatic rings. The lowest BCUT2D eigenvalue weighted by Crippen LogP contribution is -2.46. The molecule has 1 aliphatic heterocycles. The number of para-hydroxylation sites is 1. The number of rotatable bonds is 3. The number of benzene rings is 1. The summed E-state index contributed by atoms with van der Waals surface area (Å²) in [5.41, 5.74) is 0.0595. The van der Waals surface area contributed by atoms with Gasteiger partial charge >= 0.3 is 0 Å². The van der Waals surface area contributed by atoms with E-state index in [-0.39, 0.29) is 5.28 Å². The predicted octanol–water partition coefficient (Wildman–Crippen LogP) is 2.26. The Kier molecular flexibility index (Phi) is 3.97. The number of anilines is 1. The zero-order valence-electron chi connectivity index (χ0n) is 11.9. The van der Waals surface area contributed by atoms with E-state index in [1.807, 2.05) is 36.2 Å². The summed E-state index contributed by atoms with van der Waals surface area (Å²) < 4.78 is 5.32. The zero-order valence-corrected chi connectivity index (χ0v) is 12.7. The molecule has 6 heteroatoms. The summed E-state index contributed by atoms with van der Waals surface area (Å²) in [6.45, 7) is 1.68. The van der Waals surface area contributed by atoms with Crippen molar-refractivity contribution in [3.63, 3.8) is 0 Å². The van der Waals surface area contributed by atoms with Crippen LogP contribution in [-0.4, -0.2) is 47.5 Å². The smallest absolute Gasteiger partial charge is 0.224 e. The largest absolute Gasteiger partial charge is 0.388 e. The van der Waals surface area contributed by atoms with Crippen molar-refractivity contribution in [3.8, 4) is 0 Å². The Hall–Kier alpha value is -1.43. The summed E-state index contributed by atoms with van der Waals surface area (Å²) in [6.07, 6.45) is 1.27. The van der Waals surface area contributed by atoms with Crippen LogP contribution in [0.2, 0.25) is 5.28 Å². The van der Waals surface area contributed by atoms with Crippen LogP contribution >= 0.6 is 11.6 Å². The Morgan fingerprint density at radius 3 is 2.76 bits per heavy atom. The van der Waals surface area contributed by atoms with Crippen LogP contribution in [0.25, 0.3) is 10.9 Å². The highest BCUT2D eigenvalue weighted by molar-refractivity contribution is 6.28. The minimum Gasteiger partial charge on any atom is -0.388 e. The maximum atomic E-state index is 10.6. The summed E-state index contributed by atoms with van der Waals surface area (Å²) in [5.74, 6) is 0.741. The molecule has 0 spiro atoms. The number of aliphatic hydroxyl groups is 1. The van der Waals surface area contributed by atoms with Crippen molar-refractivity contribution in [2.24, 2.45) is 0 Å². The van der Waals surface area contributed by atoms with Crippen molar-refractivity contribution in [2.45, 2.75) is 18.4 Å². The molecular weight excluding hydrogens is 290 g/mol. The Labute approximate surface area is 128 Å². The number of nitrogens with zero attached hydrogens (tertiary/aromatic N) is 3. The van der Waals surface area contributed by atoms with Crippen LogP contribution in [0.1, 0.15) is 12.8 Å². The fourth-order valence-electron chi connectivity index (χ4n) is 2.75. The highest BCUT2D eigenvalue weighted by atomic mass is 35.5. The molecule has 0 aliphatic carbocycles. The second kappa shape index (κ2) is 5.75. The molecule has 21 heavy (non-hydrogen) atoms. The lowest BCUT2D eigenvalue weighted by Gasteiger charge is -2.36. The van der Waals surface area contributed by atoms with Gasteiger partial charge in [-0.15, -0.1) is 0 Å². The number of hydrogen-bond acceptors (Lipinski definition) is 5. The Bertz CT molecular complexity index is 644. The molecule has 1 N–H and O–H groups in total. The van der Waals surface area contributed by atoms with Gasteiger partial charge in [0.1, 0.15) is 5.82 Å². The van der Waals surface area contributed by atoms with Gasteiger partial charge in [0.05, 0.1) is 11.1 Å². The van der Waals surface area contributed by atoms with Gasteiger partial charge in [0.25, 0.3) is 0 Å². The maximum absolute atomic E-state index is 10.6. The van der Waals surface area contributed by atoms with E-state index in [2.05, 4.69) is 9.97 Å². The lowest BCUT2D eigenvalue weighted by atomic mass is 9.94.